The molecule has 1 aliphatic rings. The Kier molecular flexibility index (Phi) is 5.77. The Morgan fingerprint density at radius 1 is 1.08 bits per heavy atom. The van der Waals surface area contributed by atoms with Gasteiger partial charge in [-0.25, -0.2) is 9.97 Å². The maximum Gasteiger partial charge on any atom is 0.301 e. The number of benzene rings is 1. The number of aliphatic hydroxyl groups excluding tert-OH is 1. The minimum Gasteiger partial charge on any atom is -0.505 e. The Bertz CT molecular complexity index is 1620. The second-order valence-corrected chi connectivity index (χ2v) is 10.0. The summed E-state index contributed by atoms with van der Waals surface area (Å²) in [6.07, 6.45) is 1.82. The first-order valence-corrected chi connectivity index (χ1v) is 12.3. The third-order valence-electron chi connectivity index (χ3n) is 6.25. The summed E-state index contributed by atoms with van der Waals surface area (Å²) in [5, 5.41) is 12.2. The van der Waals surface area contributed by atoms with Crippen LogP contribution >= 0.6 is 22.9 Å². The molecule has 4 aromatic rings. The van der Waals surface area contributed by atoms with Gasteiger partial charge in [-0.05, 0) is 50.1 Å². The normalized spacial score (nSPS) is 17.4. The van der Waals surface area contributed by atoms with Crippen molar-refractivity contribution in [3.63, 3.8) is 0 Å². The van der Waals surface area contributed by atoms with Crippen LogP contribution in [-0.2, 0) is 9.59 Å². The average Bonchev–Trinajstić information content (AvgIpc) is 3.47. The van der Waals surface area contributed by atoms with Crippen LogP contribution in [0, 0.1) is 20.8 Å². The topological polar surface area (TPSA) is 105 Å². The van der Waals surface area contributed by atoms with Crippen molar-refractivity contribution in [2.75, 3.05) is 4.90 Å². The standard InChI is InChI=1S/C26H21ClN4O4S/c1-12-6-5-11-30-14(3)19(29-24(12)30)21(33)18-20(16-7-9-17(27)10-8-16)31(25(35)22(18)34)26-28-13(2)23(36-26)15(4)32/h5-11,20,33H,1-4H3/b21-18+. The van der Waals surface area contributed by atoms with E-state index in [4.69, 9.17) is 11.6 Å². The van der Waals surface area contributed by atoms with Crippen LogP contribution in [0.25, 0.3) is 11.4 Å². The van der Waals surface area contributed by atoms with Crippen molar-refractivity contribution in [1.29, 1.82) is 0 Å². The molecule has 4 heterocycles. The molecule has 0 radical (unpaired) electrons. The molecule has 1 amide bonds. The summed E-state index contributed by atoms with van der Waals surface area (Å²) in [5.41, 5.74) is 3.27. The van der Waals surface area contributed by atoms with Crippen molar-refractivity contribution in [1.82, 2.24) is 14.4 Å². The number of pyridine rings is 1. The van der Waals surface area contributed by atoms with Crippen LogP contribution < -0.4 is 4.90 Å². The quantitative estimate of drug-likeness (QED) is 0.172. The number of carbonyl (C=O) groups is 3. The van der Waals surface area contributed by atoms with Crippen LogP contribution in [0.15, 0.2) is 48.2 Å². The molecule has 1 atom stereocenters. The largest absolute Gasteiger partial charge is 0.505 e. The summed E-state index contributed by atoms with van der Waals surface area (Å²) in [4.78, 5) is 49.5. The second-order valence-electron chi connectivity index (χ2n) is 8.62. The van der Waals surface area contributed by atoms with Crippen LogP contribution in [0.1, 0.15) is 50.8 Å². The molecule has 1 fully saturated rings. The first kappa shape index (κ1) is 23.9. The van der Waals surface area contributed by atoms with Crippen LogP contribution in [0.3, 0.4) is 0 Å². The van der Waals surface area contributed by atoms with E-state index >= 15 is 0 Å². The molecule has 8 nitrogen and oxygen atoms in total. The van der Waals surface area contributed by atoms with Crippen molar-refractivity contribution in [3.8, 4) is 0 Å². The van der Waals surface area contributed by atoms with Gasteiger partial charge < -0.3 is 9.51 Å². The van der Waals surface area contributed by atoms with Gasteiger partial charge in [0.2, 0.25) is 0 Å². The van der Waals surface area contributed by atoms with Crippen molar-refractivity contribution < 1.29 is 19.5 Å². The lowest BCUT2D eigenvalue weighted by Gasteiger charge is -2.22. The Balaban J connectivity index is 1.77. The van der Waals surface area contributed by atoms with E-state index in [1.807, 2.05) is 29.7 Å². The number of thiazole rings is 1. The first-order valence-electron chi connectivity index (χ1n) is 11.1. The van der Waals surface area contributed by atoms with E-state index in [1.54, 1.807) is 38.1 Å². The third kappa shape index (κ3) is 3.63. The van der Waals surface area contributed by atoms with Gasteiger partial charge in [-0.2, -0.15) is 0 Å². The lowest BCUT2D eigenvalue weighted by molar-refractivity contribution is -0.132. The number of imidazole rings is 1. The maximum atomic E-state index is 13.4. The van der Waals surface area contributed by atoms with E-state index in [9.17, 15) is 19.5 Å². The molecule has 1 aliphatic heterocycles. The number of amides is 1. The van der Waals surface area contributed by atoms with Crippen LogP contribution in [0.2, 0.25) is 5.02 Å². The van der Waals surface area contributed by atoms with E-state index < -0.39 is 17.7 Å². The molecule has 3 aromatic heterocycles. The SMILES string of the molecule is CC(=O)c1sc(N2C(=O)C(=O)/C(=C(/O)c3nc4c(C)cccn4c3C)C2c2ccc(Cl)cc2)nc1C. The first-order chi connectivity index (χ1) is 17.1. The number of carbonyl (C=O) groups excluding carboxylic acids is 3. The van der Waals surface area contributed by atoms with Gasteiger partial charge in [-0.3, -0.25) is 19.3 Å². The maximum absolute atomic E-state index is 13.4. The van der Waals surface area contributed by atoms with Crippen molar-refractivity contribution >= 4 is 56.9 Å². The highest BCUT2D eigenvalue weighted by Gasteiger charge is 2.48. The number of fused-ring (bicyclic) bond motifs is 1. The number of ketones is 2. The molecular formula is C26H21ClN4O4S. The number of aromatic nitrogens is 3. The zero-order valence-electron chi connectivity index (χ0n) is 19.9. The fourth-order valence-corrected chi connectivity index (χ4v) is 5.59. The fraction of sp³-hybridized carbons (Fsp3) is 0.192. The number of aryl methyl sites for hydroxylation is 3. The number of nitrogens with zero attached hydrogens (tertiary/aromatic N) is 4. The Morgan fingerprint density at radius 2 is 1.78 bits per heavy atom. The second kappa shape index (κ2) is 8.69. The lowest BCUT2D eigenvalue weighted by Crippen LogP contribution is -2.29. The van der Waals surface area contributed by atoms with E-state index in [2.05, 4.69) is 9.97 Å². The molecule has 0 aliphatic carbocycles. The molecule has 1 unspecified atom stereocenters. The predicted molar refractivity (Wildman–Crippen MR) is 138 cm³/mol. The minimum atomic E-state index is -0.988. The Morgan fingerprint density at radius 3 is 2.39 bits per heavy atom. The van der Waals surface area contributed by atoms with Crippen LogP contribution in [0.4, 0.5) is 5.13 Å². The number of aliphatic hydroxyl groups is 1. The summed E-state index contributed by atoms with van der Waals surface area (Å²) in [6, 6.07) is 9.44. The number of Topliss-reactive ketones (excluding diaryl/α,β-unsaturated/α-hetero) is 2. The number of halogens is 1. The molecule has 1 aromatic carbocycles. The molecule has 0 bridgehead atoms. The highest BCUT2D eigenvalue weighted by Crippen LogP contribution is 2.44. The zero-order valence-corrected chi connectivity index (χ0v) is 21.4. The predicted octanol–water partition coefficient (Wildman–Crippen LogP) is 5.20. The molecule has 36 heavy (non-hydrogen) atoms. The smallest absolute Gasteiger partial charge is 0.301 e. The summed E-state index contributed by atoms with van der Waals surface area (Å²) in [6.45, 7) is 6.77. The number of hydrogen-bond donors (Lipinski definition) is 1. The lowest BCUT2D eigenvalue weighted by atomic mass is 9.96. The molecule has 1 N–H and O–H groups in total. The Labute approximate surface area is 215 Å². The molecule has 182 valence electrons. The van der Waals surface area contributed by atoms with Gasteiger partial charge in [0.15, 0.2) is 16.7 Å². The van der Waals surface area contributed by atoms with E-state index in [0.29, 0.717) is 32.5 Å². The molecule has 0 saturated carbocycles. The molecule has 5 rings (SSSR count). The highest BCUT2D eigenvalue weighted by atomic mass is 35.5. The molecule has 10 heteroatoms. The van der Waals surface area contributed by atoms with Gasteiger partial charge in [-0.15, -0.1) is 0 Å². The Hall–Kier alpha value is -3.82. The summed E-state index contributed by atoms with van der Waals surface area (Å²) in [5.74, 6) is -2.28. The molecular weight excluding hydrogens is 500 g/mol. The zero-order chi connectivity index (χ0) is 25.9. The van der Waals surface area contributed by atoms with Gasteiger partial charge in [0.25, 0.3) is 5.78 Å². The number of anilines is 1. The van der Waals surface area contributed by atoms with Crippen molar-refractivity contribution in [2.24, 2.45) is 0 Å². The molecule has 1 saturated heterocycles. The van der Waals surface area contributed by atoms with Gasteiger partial charge in [-0.1, -0.05) is 41.1 Å². The monoisotopic (exact) mass is 520 g/mol. The highest BCUT2D eigenvalue weighted by molar-refractivity contribution is 7.18. The average molecular weight is 521 g/mol. The summed E-state index contributed by atoms with van der Waals surface area (Å²) in [7, 11) is 0. The minimum absolute atomic E-state index is 0.108. The van der Waals surface area contributed by atoms with Crippen molar-refractivity contribution in [2.45, 2.75) is 33.7 Å². The van der Waals surface area contributed by atoms with E-state index in [0.717, 1.165) is 16.9 Å². The van der Waals surface area contributed by atoms with Crippen molar-refractivity contribution in [3.05, 3.63) is 86.3 Å². The fourth-order valence-electron chi connectivity index (χ4n) is 4.48. The third-order valence-corrected chi connectivity index (χ3v) is 7.76. The van der Waals surface area contributed by atoms with Crippen LogP contribution in [-0.4, -0.2) is 36.9 Å². The van der Waals surface area contributed by atoms with Gasteiger partial charge in [0.1, 0.15) is 11.3 Å². The molecule has 0 spiro atoms. The van der Waals surface area contributed by atoms with Gasteiger partial charge in [0.05, 0.1) is 27.9 Å². The van der Waals surface area contributed by atoms with Gasteiger partial charge >= 0.3 is 5.91 Å². The summed E-state index contributed by atoms with van der Waals surface area (Å²) < 4.78 is 1.82. The number of rotatable bonds is 4. The summed E-state index contributed by atoms with van der Waals surface area (Å²) >= 11 is 7.13. The van der Waals surface area contributed by atoms with Crippen LogP contribution in [0.5, 0.6) is 0 Å². The van der Waals surface area contributed by atoms with Gasteiger partial charge in [0, 0.05) is 18.1 Å². The van der Waals surface area contributed by atoms with E-state index in [1.165, 1.54) is 11.8 Å². The number of hydrogen-bond acceptors (Lipinski definition) is 7. The van der Waals surface area contributed by atoms with E-state index in [-0.39, 0.29) is 27.9 Å².